The van der Waals surface area contributed by atoms with Crippen LogP contribution in [-0.4, -0.2) is 54.4 Å². The van der Waals surface area contributed by atoms with E-state index in [2.05, 4.69) is 27.7 Å². The van der Waals surface area contributed by atoms with Gasteiger partial charge >= 0.3 is 0 Å². The molecule has 0 unspecified atom stereocenters. The second-order valence-corrected chi connectivity index (χ2v) is 7.92. The van der Waals surface area contributed by atoms with Crippen molar-refractivity contribution < 1.29 is 14.3 Å². The number of thiophene rings is 1. The average molecular weight is 385 g/mol. The maximum Gasteiger partial charge on any atom is 0.260 e. The van der Waals surface area contributed by atoms with Crippen molar-refractivity contribution in [2.24, 2.45) is 0 Å². The van der Waals surface area contributed by atoms with Gasteiger partial charge in [-0.2, -0.15) is 0 Å². The van der Waals surface area contributed by atoms with E-state index >= 15 is 0 Å². The number of carbonyl (C=O) groups excluding carboxylic acids is 2. The lowest BCUT2D eigenvalue weighted by molar-refractivity contribution is -0.135. The van der Waals surface area contributed by atoms with E-state index < -0.39 is 0 Å². The summed E-state index contributed by atoms with van der Waals surface area (Å²) in [5.41, 5.74) is 1.90. The van der Waals surface area contributed by atoms with E-state index in [1.807, 2.05) is 17.0 Å². The smallest absolute Gasteiger partial charge is 0.260 e. The van der Waals surface area contributed by atoms with E-state index in [1.54, 1.807) is 17.4 Å². The number of benzene rings is 1. The van der Waals surface area contributed by atoms with Crippen molar-refractivity contribution in [3.63, 3.8) is 0 Å². The van der Waals surface area contributed by atoms with Gasteiger partial charge in [-0.15, -0.1) is 11.3 Å². The summed E-state index contributed by atoms with van der Waals surface area (Å²) in [6.45, 7) is 4.27. The van der Waals surface area contributed by atoms with E-state index in [9.17, 15) is 9.59 Å². The quantitative estimate of drug-likeness (QED) is 0.858. The summed E-state index contributed by atoms with van der Waals surface area (Å²) in [5.74, 6) is 0.746. The predicted molar refractivity (Wildman–Crippen MR) is 105 cm³/mol. The number of nitrogens with one attached hydrogen (secondary N) is 1. The highest BCUT2D eigenvalue weighted by atomic mass is 32.1. The minimum Gasteiger partial charge on any atom is -0.484 e. The van der Waals surface area contributed by atoms with Crippen molar-refractivity contribution in [1.82, 2.24) is 9.80 Å². The maximum atomic E-state index is 12.5. The van der Waals surface area contributed by atoms with Crippen LogP contribution in [0.5, 0.6) is 5.75 Å². The van der Waals surface area contributed by atoms with Gasteiger partial charge in [0.25, 0.3) is 5.91 Å². The number of anilines is 1. The first-order chi connectivity index (χ1) is 13.2. The zero-order valence-electron chi connectivity index (χ0n) is 15.1. The van der Waals surface area contributed by atoms with Crippen molar-refractivity contribution in [1.29, 1.82) is 0 Å². The molecule has 2 aliphatic rings. The molecule has 0 aliphatic carbocycles. The molecule has 6 nitrogen and oxygen atoms in total. The van der Waals surface area contributed by atoms with Crippen LogP contribution in [0, 0.1) is 0 Å². The largest absolute Gasteiger partial charge is 0.484 e. The van der Waals surface area contributed by atoms with Crippen LogP contribution in [-0.2, 0) is 22.6 Å². The minimum absolute atomic E-state index is 0.0248. The molecule has 1 N–H and O–H groups in total. The molecule has 2 aromatic rings. The zero-order chi connectivity index (χ0) is 18.6. The van der Waals surface area contributed by atoms with Crippen LogP contribution in [0.2, 0.25) is 0 Å². The van der Waals surface area contributed by atoms with Gasteiger partial charge in [-0.1, -0.05) is 6.07 Å². The SMILES string of the molecule is O=C1CCc2cc(OCC(=O)N3CCN(Cc4cccs4)CC3)ccc2N1. The molecule has 2 aliphatic heterocycles. The minimum atomic E-state index is 0.0248. The maximum absolute atomic E-state index is 12.5. The van der Waals surface area contributed by atoms with Crippen molar-refractivity contribution >= 4 is 28.8 Å². The van der Waals surface area contributed by atoms with Gasteiger partial charge in [0.2, 0.25) is 5.91 Å². The van der Waals surface area contributed by atoms with Crippen LogP contribution in [0.3, 0.4) is 0 Å². The number of ether oxygens (including phenoxy) is 1. The Morgan fingerprint density at radius 2 is 2.00 bits per heavy atom. The highest BCUT2D eigenvalue weighted by Gasteiger charge is 2.22. The van der Waals surface area contributed by atoms with Gasteiger partial charge in [-0.3, -0.25) is 14.5 Å². The molecule has 1 fully saturated rings. The first-order valence-corrected chi connectivity index (χ1v) is 10.1. The van der Waals surface area contributed by atoms with E-state index in [0.29, 0.717) is 18.6 Å². The van der Waals surface area contributed by atoms with Crippen LogP contribution in [0.4, 0.5) is 5.69 Å². The Morgan fingerprint density at radius 3 is 2.78 bits per heavy atom. The van der Waals surface area contributed by atoms with Gasteiger partial charge in [0, 0.05) is 49.7 Å². The molecule has 1 aromatic carbocycles. The van der Waals surface area contributed by atoms with Gasteiger partial charge in [-0.05, 0) is 41.6 Å². The molecule has 1 saturated heterocycles. The summed E-state index contributed by atoms with van der Waals surface area (Å²) in [4.78, 5) is 29.5. The third-order valence-corrected chi connectivity index (χ3v) is 5.88. The van der Waals surface area contributed by atoms with Crippen LogP contribution in [0.1, 0.15) is 16.9 Å². The summed E-state index contributed by atoms with van der Waals surface area (Å²) in [5, 5.41) is 4.95. The molecule has 0 spiro atoms. The van der Waals surface area contributed by atoms with Crippen LogP contribution >= 0.6 is 11.3 Å². The Bertz CT molecular complexity index is 814. The molecular formula is C20H23N3O3S. The van der Waals surface area contributed by atoms with Crippen LogP contribution in [0.15, 0.2) is 35.7 Å². The number of fused-ring (bicyclic) bond motifs is 1. The van der Waals surface area contributed by atoms with Crippen molar-refractivity contribution in [3.8, 4) is 5.75 Å². The fourth-order valence-electron chi connectivity index (χ4n) is 3.46. The fourth-order valence-corrected chi connectivity index (χ4v) is 4.21. The molecule has 7 heteroatoms. The number of hydrogen-bond acceptors (Lipinski definition) is 5. The molecule has 0 radical (unpaired) electrons. The van der Waals surface area contributed by atoms with Crippen molar-refractivity contribution in [2.75, 3.05) is 38.1 Å². The number of aryl methyl sites for hydroxylation is 1. The van der Waals surface area contributed by atoms with E-state index in [4.69, 9.17) is 4.74 Å². The van der Waals surface area contributed by atoms with Crippen molar-refractivity contribution in [3.05, 3.63) is 46.2 Å². The monoisotopic (exact) mass is 385 g/mol. The Morgan fingerprint density at radius 1 is 1.15 bits per heavy atom. The fraction of sp³-hybridized carbons (Fsp3) is 0.400. The second kappa shape index (κ2) is 8.10. The van der Waals surface area contributed by atoms with Gasteiger partial charge < -0.3 is 15.0 Å². The molecule has 0 atom stereocenters. The number of nitrogens with zero attached hydrogens (tertiary/aromatic N) is 2. The molecule has 1 aromatic heterocycles. The molecule has 0 saturated carbocycles. The second-order valence-electron chi connectivity index (χ2n) is 6.89. The molecule has 4 rings (SSSR count). The third-order valence-electron chi connectivity index (χ3n) is 5.02. The number of amides is 2. The van der Waals surface area contributed by atoms with Crippen molar-refractivity contribution in [2.45, 2.75) is 19.4 Å². The van der Waals surface area contributed by atoms with Crippen LogP contribution < -0.4 is 10.1 Å². The topological polar surface area (TPSA) is 61.9 Å². The number of piperazine rings is 1. The Kier molecular flexibility index (Phi) is 5.40. The lowest BCUT2D eigenvalue weighted by Crippen LogP contribution is -2.49. The summed E-state index contributed by atoms with van der Waals surface area (Å²) in [6, 6.07) is 9.79. The number of carbonyl (C=O) groups is 2. The molecule has 27 heavy (non-hydrogen) atoms. The van der Waals surface area contributed by atoms with E-state index in [1.165, 1.54) is 4.88 Å². The summed E-state index contributed by atoms with van der Waals surface area (Å²) >= 11 is 1.77. The molecule has 3 heterocycles. The lowest BCUT2D eigenvalue weighted by Gasteiger charge is -2.34. The first-order valence-electron chi connectivity index (χ1n) is 9.25. The average Bonchev–Trinajstić information content (AvgIpc) is 3.19. The van der Waals surface area contributed by atoms with E-state index in [0.717, 1.165) is 44.0 Å². The Balaban J connectivity index is 1.25. The van der Waals surface area contributed by atoms with Gasteiger partial charge in [0.15, 0.2) is 6.61 Å². The zero-order valence-corrected chi connectivity index (χ0v) is 16.0. The summed E-state index contributed by atoms with van der Waals surface area (Å²) in [7, 11) is 0. The normalized spacial score (nSPS) is 17.3. The summed E-state index contributed by atoms with van der Waals surface area (Å²) < 4.78 is 5.71. The Hall–Kier alpha value is -2.38. The number of rotatable bonds is 5. The molecule has 0 bridgehead atoms. The van der Waals surface area contributed by atoms with E-state index in [-0.39, 0.29) is 18.4 Å². The third kappa shape index (κ3) is 4.48. The lowest BCUT2D eigenvalue weighted by atomic mass is 10.0. The Labute approximate surface area is 162 Å². The molecule has 142 valence electrons. The highest BCUT2D eigenvalue weighted by Crippen LogP contribution is 2.26. The van der Waals surface area contributed by atoms with Gasteiger partial charge in [0.1, 0.15) is 5.75 Å². The molecular weight excluding hydrogens is 362 g/mol. The van der Waals surface area contributed by atoms with Gasteiger partial charge in [-0.25, -0.2) is 0 Å². The van der Waals surface area contributed by atoms with Crippen LogP contribution in [0.25, 0.3) is 0 Å². The standard InChI is InChI=1S/C20H23N3O3S/c24-19-6-3-15-12-16(4-5-18(15)21-19)26-14-20(25)23-9-7-22(8-10-23)13-17-2-1-11-27-17/h1-2,4-5,11-12H,3,6-10,13-14H2,(H,21,24). The highest BCUT2D eigenvalue weighted by molar-refractivity contribution is 7.09. The predicted octanol–water partition coefficient (Wildman–Crippen LogP) is 2.36. The first kappa shape index (κ1) is 18.0. The summed E-state index contributed by atoms with van der Waals surface area (Å²) in [6.07, 6.45) is 1.20. The van der Waals surface area contributed by atoms with Gasteiger partial charge in [0.05, 0.1) is 0 Å². The number of hydrogen-bond donors (Lipinski definition) is 1. The molecule has 2 amide bonds.